The topological polar surface area (TPSA) is 56.1 Å². The van der Waals surface area contributed by atoms with Gasteiger partial charge in [-0.25, -0.2) is 4.98 Å². The van der Waals surface area contributed by atoms with Gasteiger partial charge in [0, 0.05) is 55.4 Å². The second kappa shape index (κ2) is 6.58. The summed E-state index contributed by atoms with van der Waals surface area (Å²) in [5.74, 6) is 1.45. The minimum Gasteiger partial charge on any atom is -0.383 e. The molecule has 6 heteroatoms. The maximum Gasteiger partial charge on any atom is 0.202 e. The van der Waals surface area contributed by atoms with Crippen molar-refractivity contribution in [2.24, 2.45) is 0 Å². The minimum atomic E-state index is -0.767. The molecule has 1 aromatic rings. The third-order valence-corrected chi connectivity index (χ3v) is 2.68. The molecule has 1 heterocycles. The van der Waals surface area contributed by atoms with E-state index in [0.29, 0.717) is 12.4 Å². The highest BCUT2D eigenvalue weighted by Crippen LogP contribution is 2.03. The van der Waals surface area contributed by atoms with E-state index in [2.05, 4.69) is 10.3 Å². The van der Waals surface area contributed by atoms with Gasteiger partial charge in [0.1, 0.15) is 0 Å². The molecule has 1 atom stereocenters. The highest BCUT2D eigenvalue weighted by molar-refractivity contribution is 7.84. The van der Waals surface area contributed by atoms with E-state index in [0.717, 1.165) is 19.0 Å². The van der Waals surface area contributed by atoms with E-state index < -0.39 is 10.8 Å². The van der Waals surface area contributed by atoms with Crippen LogP contribution in [0.15, 0.2) is 12.4 Å². The van der Waals surface area contributed by atoms with E-state index in [4.69, 9.17) is 4.74 Å². The number of hydrogen-bond acceptors (Lipinski definition) is 4. The highest BCUT2D eigenvalue weighted by Gasteiger charge is 2.01. The average Bonchev–Trinajstić information content (AvgIpc) is 2.63. The summed E-state index contributed by atoms with van der Waals surface area (Å²) in [6, 6.07) is 0. The van der Waals surface area contributed by atoms with Crippen LogP contribution < -0.4 is 5.32 Å². The van der Waals surface area contributed by atoms with Crippen LogP contribution in [-0.2, 0) is 22.1 Å². The lowest BCUT2D eigenvalue weighted by molar-refractivity contribution is 0.210. The van der Waals surface area contributed by atoms with Gasteiger partial charge in [-0.15, -0.1) is 0 Å². The fraction of sp³-hybridized carbons (Fsp3) is 0.667. The van der Waals surface area contributed by atoms with E-state index in [1.165, 1.54) is 0 Å². The number of ether oxygens (including phenoxy) is 1. The minimum absolute atomic E-state index is 0.645. The molecular formula is C9H17N3O2S. The second-order valence-corrected chi connectivity index (χ2v) is 4.70. The van der Waals surface area contributed by atoms with Crippen molar-refractivity contribution in [3.8, 4) is 0 Å². The first-order chi connectivity index (χ1) is 7.24. The molecule has 0 radical (unpaired) electrons. The van der Waals surface area contributed by atoms with Crippen LogP contribution in [0.25, 0.3) is 0 Å². The molecule has 5 nitrogen and oxygen atoms in total. The third-order valence-electron chi connectivity index (χ3n) is 1.92. The van der Waals surface area contributed by atoms with Gasteiger partial charge in [0.2, 0.25) is 5.95 Å². The summed E-state index contributed by atoms with van der Waals surface area (Å²) in [5, 5.41) is 3.15. The van der Waals surface area contributed by atoms with Crippen molar-refractivity contribution in [3.05, 3.63) is 12.4 Å². The SMILES string of the molecule is COCCNc1nccn1CCS(C)=O. The zero-order valence-corrected chi connectivity index (χ0v) is 9.92. The Kier molecular flexibility index (Phi) is 5.34. The fourth-order valence-corrected chi connectivity index (χ4v) is 1.60. The van der Waals surface area contributed by atoms with E-state index >= 15 is 0 Å². The number of nitrogens with zero attached hydrogens (tertiary/aromatic N) is 2. The molecule has 0 aliphatic rings. The van der Waals surface area contributed by atoms with Crippen LogP contribution >= 0.6 is 0 Å². The maximum absolute atomic E-state index is 10.9. The van der Waals surface area contributed by atoms with Crippen molar-refractivity contribution in [2.45, 2.75) is 6.54 Å². The summed E-state index contributed by atoms with van der Waals surface area (Å²) in [5.41, 5.74) is 0. The third kappa shape index (κ3) is 4.44. The predicted octanol–water partition coefficient (Wildman–Crippen LogP) is 0.320. The number of methoxy groups -OCH3 is 1. The smallest absolute Gasteiger partial charge is 0.202 e. The van der Waals surface area contributed by atoms with Crippen LogP contribution in [0.2, 0.25) is 0 Å². The lowest BCUT2D eigenvalue weighted by atomic mass is 10.6. The molecule has 1 rings (SSSR count). The molecule has 0 fully saturated rings. The van der Waals surface area contributed by atoms with Crippen molar-refractivity contribution in [1.82, 2.24) is 9.55 Å². The number of hydrogen-bond donors (Lipinski definition) is 1. The van der Waals surface area contributed by atoms with Gasteiger partial charge >= 0.3 is 0 Å². The van der Waals surface area contributed by atoms with Gasteiger partial charge in [0.25, 0.3) is 0 Å². The normalized spacial score (nSPS) is 12.7. The van der Waals surface area contributed by atoms with E-state index in [1.54, 1.807) is 19.6 Å². The number of aromatic nitrogens is 2. The van der Waals surface area contributed by atoms with Crippen LogP contribution in [0.3, 0.4) is 0 Å². The Hall–Kier alpha value is -0.880. The quantitative estimate of drug-likeness (QED) is 0.687. The van der Waals surface area contributed by atoms with Gasteiger partial charge in [-0.3, -0.25) is 4.21 Å². The summed E-state index contributed by atoms with van der Waals surface area (Å²) in [6.07, 6.45) is 5.31. The first-order valence-corrected chi connectivity index (χ1v) is 6.50. The molecule has 1 unspecified atom stereocenters. The van der Waals surface area contributed by atoms with Crippen molar-refractivity contribution in [3.63, 3.8) is 0 Å². The average molecular weight is 231 g/mol. The Morgan fingerprint density at radius 3 is 3.13 bits per heavy atom. The van der Waals surface area contributed by atoms with Crippen molar-refractivity contribution in [2.75, 3.05) is 37.6 Å². The first kappa shape index (κ1) is 12.2. The van der Waals surface area contributed by atoms with Crippen molar-refractivity contribution in [1.29, 1.82) is 0 Å². The number of rotatable bonds is 7. The standard InChI is InChI=1S/C9H17N3O2S/c1-14-7-4-11-9-10-3-5-12(9)6-8-15(2)13/h3,5H,4,6-8H2,1-2H3,(H,10,11). The van der Waals surface area contributed by atoms with Gasteiger partial charge in [-0.2, -0.15) is 0 Å². The van der Waals surface area contributed by atoms with E-state index in [1.807, 2.05) is 10.8 Å². The molecule has 0 saturated carbocycles. The summed E-state index contributed by atoms with van der Waals surface area (Å²) < 4.78 is 17.8. The Bertz CT molecular complexity index is 314. The van der Waals surface area contributed by atoms with Crippen LogP contribution in [0.4, 0.5) is 5.95 Å². The lowest BCUT2D eigenvalue weighted by Crippen LogP contribution is -2.14. The largest absolute Gasteiger partial charge is 0.383 e. The molecule has 0 aromatic carbocycles. The van der Waals surface area contributed by atoms with Crippen molar-refractivity contribution < 1.29 is 8.95 Å². The zero-order valence-electron chi connectivity index (χ0n) is 9.10. The summed E-state index contributed by atoms with van der Waals surface area (Å²) in [7, 11) is 0.894. The number of aryl methyl sites for hydroxylation is 1. The first-order valence-electron chi connectivity index (χ1n) is 4.78. The van der Waals surface area contributed by atoms with Gasteiger partial charge in [0.15, 0.2) is 0 Å². The van der Waals surface area contributed by atoms with Crippen LogP contribution in [0.5, 0.6) is 0 Å². The van der Waals surface area contributed by atoms with Gasteiger partial charge in [-0.1, -0.05) is 0 Å². The Balaban J connectivity index is 2.42. The molecular weight excluding hydrogens is 214 g/mol. The predicted molar refractivity (Wildman–Crippen MR) is 61.5 cm³/mol. The molecule has 1 N–H and O–H groups in total. The molecule has 0 aliphatic heterocycles. The Morgan fingerprint density at radius 1 is 1.67 bits per heavy atom. The molecule has 0 saturated heterocycles. The number of imidazole rings is 1. The zero-order chi connectivity index (χ0) is 11.1. The molecule has 15 heavy (non-hydrogen) atoms. The maximum atomic E-state index is 10.9. The summed E-state index contributed by atoms with van der Waals surface area (Å²) in [4.78, 5) is 4.16. The number of anilines is 1. The monoisotopic (exact) mass is 231 g/mol. The summed E-state index contributed by atoms with van der Waals surface area (Å²) in [6.45, 7) is 2.09. The number of nitrogens with one attached hydrogen (secondary N) is 1. The lowest BCUT2D eigenvalue weighted by Gasteiger charge is -2.08. The second-order valence-electron chi connectivity index (χ2n) is 3.14. The van der Waals surface area contributed by atoms with Crippen LogP contribution in [0.1, 0.15) is 0 Å². The summed E-state index contributed by atoms with van der Waals surface area (Å²) >= 11 is 0. The molecule has 0 bridgehead atoms. The Morgan fingerprint density at radius 2 is 2.47 bits per heavy atom. The molecule has 0 aliphatic carbocycles. The van der Waals surface area contributed by atoms with E-state index in [-0.39, 0.29) is 0 Å². The van der Waals surface area contributed by atoms with Crippen LogP contribution in [0, 0.1) is 0 Å². The van der Waals surface area contributed by atoms with Gasteiger partial charge in [-0.05, 0) is 0 Å². The van der Waals surface area contributed by atoms with Gasteiger partial charge < -0.3 is 14.6 Å². The molecule has 0 amide bonds. The van der Waals surface area contributed by atoms with E-state index in [9.17, 15) is 4.21 Å². The van der Waals surface area contributed by atoms with Crippen LogP contribution in [-0.4, -0.2) is 46.0 Å². The molecule has 1 aromatic heterocycles. The Labute approximate surface area is 92.3 Å². The molecule has 0 spiro atoms. The van der Waals surface area contributed by atoms with Gasteiger partial charge in [0.05, 0.1) is 6.61 Å². The fourth-order valence-electron chi connectivity index (χ4n) is 1.15. The van der Waals surface area contributed by atoms with Crippen molar-refractivity contribution >= 4 is 16.7 Å². The molecule has 86 valence electrons. The highest BCUT2D eigenvalue weighted by atomic mass is 32.2.